The highest BCUT2D eigenvalue weighted by molar-refractivity contribution is 4.91. The molecule has 1 aliphatic rings. The quantitative estimate of drug-likeness (QED) is 0.545. The number of ether oxygens (including phenoxy) is 2. The zero-order chi connectivity index (χ0) is 15.6. The van der Waals surface area contributed by atoms with Gasteiger partial charge in [0.05, 0.1) is 5.60 Å². The van der Waals surface area contributed by atoms with Crippen molar-refractivity contribution in [3.05, 3.63) is 0 Å². The molecule has 0 bridgehead atoms. The van der Waals surface area contributed by atoms with E-state index in [0.717, 1.165) is 32.1 Å². The third-order valence-corrected chi connectivity index (χ3v) is 4.88. The Balaban J connectivity index is 2.75. The van der Waals surface area contributed by atoms with Gasteiger partial charge in [-0.1, -0.05) is 72.1 Å². The second-order valence-corrected chi connectivity index (χ2v) is 6.55. The van der Waals surface area contributed by atoms with Crippen molar-refractivity contribution in [2.75, 3.05) is 6.79 Å². The first kappa shape index (κ1) is 18.9. The predicted molar refractivity (Wildman–Crippen MR) is 87.1 cm³/mol. The predicted octanol–water partition coefficient (Wildman–Crippen LogP) is 5.01. The molecule has 1 fully saturated rings. The number of aliphatic hydroxyl groups is 1. The molecule has 2 atom stereocenters. The average Bonchev–Trinajstić information content (AvgIpc) is 2.47. The van der Waals surface area contributed by atoms with Crippen molar-refractivity contribution < 1.29 is 14.6 Å². The molecule has 0 aromatic heterocycles. The smallest absolute Gasteiger partial charge is 0.162 e. The summed E-state index contributed by atoms with van der Waals surface area (Å²) in [7, 11) is 0. The van der Waals surface area contributed by atoms with Crippen LogP contribution in [-0.4, -0.2) is 23.8 Å². The Hall–Kier alpha value is -0.120. The van der Waals surface area contributed by atoms with Crippen molar-refractivity contribution in [3.63, 3.8) is 0 Å². The largest absolute Gasteiger partial charge is 0.368 e. The lowest BCUT2D eigenvalue weighted by Crippen LogP contribution is -2.52. The highest BCUT2D eigenvalue weighted by Crippen LogP contribution is 2.41. The van der Waals surface area contributed by atoms with Gasteiger partial charge in [-0.05, 0) is 19.3 Å². The van der Waals surface area contributed by atoms with Crippen molar-refractivity contribution in [3.8, 4) is 0 Å². The summed E-state index contributed by atoms with van der Waals surface area (Å²) in [6, 6.07) is 0. The Morgan fingerprint density at radius 1 is 0.905 bits per heavy atom. The van der Waals surface area contributed by atoms with Crippen LogP contribution in [0.2, 0.25) is 0 Å². The fourth-order valence-electron chi connectivity index (χ4n) is 3.52. The molecule has 1 heterocycles. The second-order valence-electron chi connectivity index (χ2n) is 6.55. The normalized spacial score (nSPS) is 25.1. The minimum atomic E-state index is -0.645. The standard InChI is InChI=1S/C18H36O3/c1-4-7-10-13-18(14-11-8-5-2)16(12-9-6-3)17(19)20-15-21-18/h16-17,19H,4-15H2,1-3H3. The van der Waals surface area contributed by atoms with E-state index in [1.54, 1.807) is 0 Å². The van der Waals surface area contributed by atoms with E-state index < -0.39 is 6.29 Å². The minimum Gasteiger partial charge on any atom is -0.368 e. The van der Waals surface area contributed by atoms with Crippen LogP contribution in [-0.2, 0) is 9.47 Å². The van der Waals surface area contributed by atoms with Crippen LogP contribution < -0.4 is 0 Å². The van der Waals surface area contributed by atoms with E-state index in [-0.39, 0.29) is 18.3 Å². The first-order valence-corrected chi connectivity index (χ1v) is 9.13. The summed E-state index contributed by atoms with van der Waals surface area (Å²) in [6.45, 7) is 6.92. The summed E-state index contributed by atoms with van der Waals surface area (Å²) in [5, 5.41) is 10.3. The SMILES string of the molecule is CCCCCC1(CCCCC)OCOC(O)C1CCCC. The number of aliphatic hydroxyl groups excluding tert-OH is 1. The third-order valence-electron chi connectivity index (χ3n) is 4.88. The average molecular weight is 300 g/mol. The van der Waals surface area contributed by atoms with Crippen LogP contribution >= 0.6 is 0 Å². The summed E-state index contributed by atoms with van der Waals surface area (Å²) in [5.74, 6) is 0.139. The first-order chi connectivity index (χ1) is 10.2. The van der Waals surface area contributed by atoms with Gasteiger partial charge < -0.3 is 14.6 Å². The van der Waals surface area contributed by atoms with Gasteiger partial charge in [0.1, 0.15) is 0 Å². The van der Waals surface area contributed by atoms with Gasteiger partial charge in [-0.15, -0.1) is 0 Å². The van der Waals surface area contributed by atoms with E-state index in [0.29, 0.717) is 0 Å². The first-order valence-electron chi connectivity index (χ1n) is 9.13. The fourth-order valence-corrected chi connectivity index (χ4v) is 3.52. The van der Waals surface area contributed by atoms with Crippen molar-refractivity contribution >= 4 is 0 Å². The molecular formula is C18H36O3. The van der Waals surface area contributed by atoms with Crippen LogP contribution in [0.25, 0.3) is 0 Å². The topological polar surface area (TPSA) is 38.7 Å². The molecule has 1 N–H and O–H groups in total. The molecule has 0 aromatic rings. The summed E-state index contributed by atoms with van der Waals surface area (Å²) < 4.78 is 11.5. The molecule has 2 unspecified atom stereocenters. The third kappa shape index (κ3) is 5.88. The highest BCUT2D eigenvalue weighted by Gasteiger charge is 2.45. The number of hydrogen-bond donors (Lipinski definition) is 1. The molecule has 0 aliphatic carbocycles. The van der Waals surface area contributed by atoms with Gasteiger partial charge in [0.15, 0.2) is 13.1 Å². The van der Waals surface area contributed by atoms with Gasteiger partial charge in [-0.25, -0.2) is 0 Å². The van der Waals surface area contributed by atoms with Crippen LogP contribution in [0.15, 0.2) is 0 Å². The summed E-state index contributed by atoms with van der Waals surface area (Å²) in [5.41, 5.74) is -0.156. The summed E-state index contributed by atoms with van der Waals surface area (Å²) in [6.07, 6.45) is 12.1. The molecule has 1 saturated heterocycles. The maximum Gasteiger partial charge on any atom is 0.162 e. The number of rotatable bonds is 11. The number of hydrogen-bond acceptors (Lipinski definition) is 3. The van der Waals surface area contributed by atoms with Crippen molar-refractivity contribution in [2.24, 2.45) is 5.92 Å². The highest BCUT2D eigenvalue weighted by atomic mass is 16.7. The van der Waals surface area contributed by atoms with Crippen LogP contribution in [0.3, 0.4) is 0 Å². The van der Waals surface area contributed by atoms with Gasteiger partial charge in [-0.3, -0.25) is 0 Å². The fraction of sp³-hybridized carbons (Fsp3) is 1.00. The molecule has 1 rings (SSSR count). The van der Waals surface area contributed by atoms with E-state index in [2.05, 4.69) is 20.8 Å². The monoisotopic (exact) mass is 300 g/mol. The molecule has 3 nitrogen and oxygen atoms in total. The maximum atomic E-state index is 10.3. The molecule has 0 spiro atoms. The van der Waals surface area contributed by atoms with E-state index in [4.69, 9.17) is 9.47 Å². The zero-order valence-electron chi connectivity index (χ0n) is 14.4. The Bertz CT molecular complexity index is 245. The van der Waals surface area contributed by atoms with E-state index in [1.807, 2.05) is 0 Å². The molecule has 0 saturated carbocycles. The van der Waals surface area contributed by atoms with Crippen molar-refractivity contribution in [2.45, 2.75) is 103 Å². The van der Waals surface area contributed by atoms with E-state index in [1.165, 1.54) is 38.5 Å². The lowest BCUT2D eigenvalue weighted by molar-refractivity contribution is -0.314. The lowest BCUT2D eigenvalue weighted by Gasteiger charge is -2.46. The Morgan fingerprint density at radius 2 is 1.48 bits per heavy atom. The van der Waals surface area contributed by atoms with Gasteiger partial charge in [0, 0.05) is 5.92 Å². The van der Waals surface area contributed by atoms with Crippen LogP contribution in [0.5, 0.6) is 0 Å². The van der Waals surface area contributed by atoms with E-state index >= 15 is 0 Å². The van der Waals surface area contributed by atoms with Gasteiger partial charge in [0.2, 0.25) is 0 Å². The van der Waals surface area contributed by atoms with Crippen molar-refractivity contribution in [1.82, 2.24) is 0 Å². The molecule has 3 heteroatoms. The molecule has 0 amide bonds. The van der Waals surface area contributed by atoms with Gasteiger partial charge in [0.25, 0.3) is 0 Å². The molecule has 0 radical (unpaired) electrons. The summed E-state index contributed by atoms with van der Waals surface area (Å²) >= 11 is 0. The molecule has 1 aliphatic heterocycles. The second kappa shape index (κ2) is 10.6. The molecule has 126 valence electrons. The Kier molecular flexibility index (Phi) is 9.54. The maximum absolute atomic E-state index is 10.3. The van der Waals surface area contributed by atoms with Gasteiger partial charge >= 0.3 is 0 Å². The molecule has 0 aromatic carbocycles. The van der Waals surface area contributed by atoms with Crippen LogP contribution in [0, 0.1) is 5.92 Å². The Labute approximate surface area is 131 Å². The number of unbranched alkanes of at least 4 members (excludes halogenated alkanes) is 5. The zero-order valence-corrected chi connectivity index (χ0v) is 14.4. The summed E-state index contributed by atoms with van der Waals surface area (Å²) in [4.78, 5) is 0. The molecular weight excluding hydrogens is 264 g/mol. The van der Waals surface area contributed by atoms with Crippen LogP contribution in [0.1, 0.15) is 91.4 Å². The van der Waals surface area contributed by atoms with Crippen LogP contribution in [0.4, 0.5) is 0 Å². The minimum absolute atomic E-state index is 0.139. The van der Waals surface area contributed by atoms with Crippen molar-refractivity contribution in [1.29, 1.82) is 0 Å². The van der Waals surface area contributed by atoms with Gasteiger partial charge in [-0.2, -0.15) is 0 Å². The lowest BCUT2D eigenvalue weighted by atomic mass is 9.75. The Morgan fingerprint density at radius 3 is 2.00 bits per heavy atom. The van der Waals surface area contributed by atoms with E-state index in [9.17, 15) is 5.11 Å². The molecule has 21 heavy (non-hydrogen) atoms.